The van der Waals surface area contributed by atoms with Gasteiger partial charge in [-0.25, -0.2) is 4.98 Å². The first kappa shape index (κ1) is 29.6. The van der Waals surface area contributed by atoms with Gasteiger partial charge in [0.15, 0.2) is 0 Å². The van der Waals surface area contributed by atoms with Gasteiger partial charge in [0, 0.05) is 22.9 Å². The van der Waals surface area contributed by atoms with Crippen molar-refractivity contribution in [3.63, 3.8) is 0 Å². The summed E-state index contributed by atoms with van der Waals surface area (Å²) in [4.78, 5) is 10.2. The summed E-state index contributed by atoms with van der Waals surface area (Å²) < 4.78 is 1.13. The van der Waals surface area contributed by atoms with Crippen LogP contribution in [-0.4, -0.2) is 16.3 Å². The molecule has 1 heterocycles. The van der Waals surface area contributed by atoms with Crippen LogP contribution in [0.4, 0.5) is 5.69 Å². The molecular formula is C42H36N2OS. The smallest absolute Gasteiger partial charge is 0.126 e. The maximum Gasteiger partial charge on any atom is 0.126 e. The monoisotopic (exact) mass is 616 g/mol. The number of para-hydroxylation sites is 1. The Kier molecular flexibility index (Phi) is 7.54. The molecule has 0 saturated carbocycles. The minimum Gasteiger partial charge on any atom is -0.507 e. The average Bonchev–Trinajstić information content (AvgIpc) is 3.47. The van der Waals surface area contributed by atoms with Gasteiger partial charge in [-0.1, -0.05) is 111 Å². The second-order valence-corrected chi connectivity index (χ2v) is 14.1. The molecule has 1 N–H and O–H groups in total. The van der Waals surface area contributed by atoms with Crippen LogP contribution in [0.1, 0.15) is 43.0 Å². The predicted octanol–water partition coefficient (Wildman–Crippen LogP) is 11.8. The van der Waals surface area contributed by atoms with Crippen molar-refractivity contribution in [2.24, 2.45) is 4.99 Å². The Balaban J connectivity index is 1.40. The number of aliphatic imine (C=N–C) groups is 1. The highest BCUT2D eigenvalue weighted by Crippen LogP contribution is 2.43. The highest BCUT2D eigenvalue weighted by Gasteiger charge is 2.18. The lowest BCUT2D eigenvalue weighted by molar-refractivity contribution is 0.473. The van der Waals surface area contributed by atoms with Crippen molar-refractivity contribution in [2.45, 2.75) is 40.0 Å². The Labute approximate surface area is 274 Å². The average molecular weight is 617 g/mol. The summed E-state index contributed by atoms with van der Waals surface area (Å²) in [7, 11) is 0. The van der Waals surface area contributed by atoms with Crippen molar-refractivity contribution in [1.82, 2.24) is 4.98 Å². The van der Waals surface area contributed by atoms with Crippen molar-refractivity contribution >= 4 is 44.2 Å². The zero-order chi connectivity index (χ0) is 32.0. The van der Waals surface area contributed by atoms with E-state index in [0.717, 1.165) is 37.6 Å². The summed E-state index contributed by atoms with van der Waals surface area (Å²) in [6.07, 6.45) is 1.76. The molecule has 0 fully saturated rings. The molecule has 0 saturated heterocycles. The van der Waals surface area contributed by atoms with E-state index in [-0.39, 0.29) is 11.2 Å². The lowest BCUT2D eigenvalue weighted by Gasteiger charge is -2.19. The minimum atomic E-state index is -0.0347. The normalized spacial score (nSPS) is 12.0. The molecule has 0 aliphatic carbocycles. The standard InChI is InChI=1S/C42H36N2OS/c1-26-19-27(2)21-29(20-26)30-23-36(34-15-10-12-28-11-6-7-13-33(28)34)40-39(24-30)46-41(44-40)35-14-8-9-16-37(35)43-25-31-22-32(42(3,4)5)17-18-38(31)45/h6-25,45H,1-5H3. The Morgan fingerprint density at radius 2 is 1.39 bits per heavy atom. The molecule has 0 unspecified atom stereocenters. The zero-order valence-corrected chi connectivity index (χ0v) is 27.6. The van der Waals surface area contributed by atoms with Gasteiger partial charge in [0.25, 0.3) is 0 Å². The molecular weight excluding hydrogens is 581 g/mol. The predicted molar refractivity (Wildman–Crippen MR) is 197 cm³/mol. The number of phenols is 1. The molecule has 46 heavy (non-hydrogen) atoms. The van der Waals surface area contributed by atoms with E-state index in [4.69, 9.17) is 9.98 Å². The van der Waals surface area contributed by atoms with Crippen molar-refractivity contribution in [2.75, 3.05) is 0 Å². The van der Waals surface area contributed by atoms with Gasteiger partial charge < -0.3 is 5.11 Å². The van der Waals surface area contributed by atoms with Gasteiger partial charge in [-0.3, -0.25) is 4.99 Å². The number of aryl methyl sites for hydroxylation is 2. The van der Waals surface area contributed by atoms with Crippen LogP contribution in [0, 0.1) is 13.8 Å². The van der Waals surface area contributed by atoms with Crippen LogP contribution in [0.2, 0.25) is 0 Å². The number of hydrogen-bond acceptors (Lipinski definition) is 4. The largest absolute Gasteiger partial charge is 0.507 e. The number of rotatable bonds is 5. The Morgan fingerprint density at radius 3 is 2.20 bits per heavy atom. The summed E-state index contributed by atoms with van der Waals surface area (Å²) in [5.74, 6) is 0.216. The summed E-state index contributed by atoms with van der Waals surface area (Å²) in [5.41, 5.74) is 11.7. The number of aromatic nitrogens is 1. The molecule has 226 valence electrons. The number of phenolic OH excluding ortho intramolecular Hbond substituents is 1. The van der Waals surface area contributed by atoms with Gasteiger partial charge in [0.05, 0.1) is 15.9 Å². The number of benzene rings is 6. The Hall–Kier alpha value is -5.06. The molecule has 0 bridgehead atoms. The van der Waals surface area contributed by atoms with E-state index >= 15 is 0 Å². The first-order valence-electron chi connectivity index (χ1n) is 15.6. The lowest BCUT2D eigenvalue weighted by Crippen LogP contribution is -2.11. The van der Waals surface area contributed by atoms with Crippen LogP contribution in [0.3, 0.4) is 0 Å². The molecule has 7 aromatic rings. The van der Waals surface area contributed by atoms with E-state index < -0.39 is 0 Å². The van der Waals surface area contributed by atoms with Crippen molar-refractivity contribution in [1.29, 1.82) is 0 Å². The summed E-state index contributed by atoms with van der Waals surface area (Å²) in [6, 6.07) is 40.2. The van der Waals surface area contributed by atoms with E-state index in [1.54, 1.807) is 23.6 Å². The molecule has 6 aromatic carbocycles. The molecule has 1 aromatic heterocycles. The lowest BCUT2D eigenvalue weighted by atomic mass is 9.86. The fourth-order valence-corrected chi connectivity index (χ4v) is 7.21. The third kappa shape index (κ3) is 5.73. The third-order valence-corrected chi connectivity index (χ3v) is 9.54. The van der Waals surface area contributed by atoms with E-state index in [1.807, 2.05) is 30.3 Å². The second-order valence-electron chi connectivity index (χ2n) is 13.1. The first-order chi connectivity index (χ1) is 22.1. The van der Waals surface area contributed by atoms with Gasteiger partial charge in [-0.15, -0.1) is 11.3 Å². The molecule has 0 spiro atoms. The van der Waals surface area contributed by atoms with Crippen LogP contribution < -0.4 is 0 Å². The van der Waals surface area contributed by atoms with Crippen LogP contribution in [0.25, 0.3) is 53.8 Å². The third-order valence-electron chi connectivity index (χ3n) is 8.50. The molecule has 7 rings (SSSR count). The second kappa shape index (κ2) is 11.7. The van der Waals surface area contributed by atoms with Gasteiger partial charge in [0.1, 0.15) is 10.8 Å². The van der Waals surface area contributed by atoms with Gasteiger partial charge in [-0.2, -0.15) is 0 Å². The Bertz CT molecular complexity index is 2260. The molecule has 0 atom stereocenters. The quantitative estimate of drug-likeness (QED) is 0.196. The van der Waals surface area contributed by atoms with Crippen LogP contribution >= 0.6 is 11.3 Å². The number of fused-ring (bicyclic) bond motifs is 2. The first-order valence-corrected chi connectivity index (χ1v) is 16.4. The summed E-state index contributed by atoms with van der Waals surface area (Å²) in [6.45, 7) is 10.8. The minimum absolute atomic E-state index is 0.0347. The van der Waals surface area contributed by atoms with E-state index in [0.29, 0.717) is 5.56 Å². The topological polar surface area (TPSA) is 45.5 Å². The fraction of sp³-hybridized carbons (Fsp3) is 0.143. The van der Waals surface area contributed by atoms with Crippen molar-refractivity contribution < 1.29 is 5.11 Å². The molecule has 0 amide bonds. The fourth-order valence-electron chi connectivity index (χ4n) is 6.15. The molecule has 0 aliphatic heterocycles. The van der Waals surface area contributed by atoms with Crippen LogP contribution in [0.5, 0.6) is 5.75 Å². The number of hydrogen-bond donors (Lipinski definition) is 1. The maximum absolute atomic E-state index is 10.6. The van der Waals surface area contributed by atoms with E-state index in [2.05, 4.69) is 113 Å². The van der Waals surface area contributed by atoms with Crippen molar-refractivity contribution in [3.05, 3.63) is 138 Å². The number of nitrogens with zero attached hydrogens (tertiary/aromatic N) is 2. The molecule has 0 aliphatic rings. The van der Waals surface area contributed by atoms with Crippen molar-refractivity contribution in [3.8, 4) is 38.6 Å². The van der Waals surface area contributed by atoms with Gasteiger partial charge >= 0.3 is 0 Å². The summed E-state index contributed by atoms with van der Waals surface area (Å²) in [5, 5.41) is 14.0. The van der Waals surface area contributed by atoms with Crippen LogP contribution in [0.15, 0.2) is 120 Å². The van der Waals surface area contributed by atoms with E-state index in [9.17, 15) is 5.11 Å². The zero-order valence-electron chi connectivity index (χ0n) is 26.8. The Morgan fingerprint density at radius 1 is 0.696 bits per heavy atom. The summed E-state index contributed by atoms with van der Waals surface area (Å²) >= 11 is 1.69. The number of aromatic hydroxyl groups is 1. The van der Waals surface area contributed by atoms with Gasteiger partial charge in [0.2, 0.25) is 0 Å². The molecule has 3 nitrogen and oxygen atoms in total. The maximum atomic E-state index is 10.6. The highest BCUT2D eigenvalue weighted by molar-refractivity contribution is 7.21. The highest BCUT2D eigenvalue weighted by atomic mass is 32.1. The van der Waals surface area contributed by atoms with Crippen LogP contribution in [-0.2, 0) is 5.41 Å². The molecule has 4 heteroatoms. The van der Waals surface area contributed by atoms with Gasteiger partial charge in [-0.05, 0) is 88.7 Å². The number of thiazole rings is 1. The SMILES string of the molecule is Cc1cc(C)cc(-c2cc(-c3cccc4ccccc34)c3nc(-c4ccccc4N=Cc4cc(C(C)(C)C)ccc4O)sc3c2)c1. The van der Waals surface area contributed by atoms with E-state index in [1.165, 1.54) is 38.6 Å². The molecule has 0 radical (unpaired) electrons.